The SMILES string of the molecule is CCc1cc(=O)oc2cc(OC(=O)Cc3ccccc3F)ccc12. The van der Waals surface area contributed by atoms with E-state index in [-0.39, 0.29) is 17.7 Å². The number of carbonyl (C=O) groups excluding carboxylic acids is 1. The Kier molecular flexibility index (Phi) is 4.42. The molecule has 1 aromatic heterocycles. The van der Waals surface area contributed by atoms with Crippen LogP contribution in [0.1, 0.15) is 18.1 Å². The lowest BCUT2D eigenvalue weighted by atomic mass is 10.1. The highest BCUT2D eigenvalue weighted by Crippen LogP contribution is 2.23. The van der Waals surface area contributed by atoms with Crippen LogP contribution < -0.4 is 10.4 Å². The Morgan fingerprint density at radius 2 is 1.92 bits per heavy atom. The van der Waals surface area contributed by atoms with Crippen LogP contribution in [-0.2, 0) is 17.6 Å². The van der Waals surface area contributed by atoms with Crippen molar-refractivity contribution in [3.63, 3.8) is 0 Å². The first-order chi connectivity index (χ1) is 11.6. The number of ether oxygens (including phenoxy) is 1. The molecular weight excluding hydrogens is 311 g/mol. The third kappa shape index (κ3) is 3.35. The zero-order valence-corrected chi connectivity index (χ0v) is 13.0. The summed E-state index contributed by atoms with van der Waals surface area (Å²) in [7, 11) is 0. The summed E-state index contributed by atoms with van der Waals surface area (Å²) in [5.41, 5.74) is 1.04. The maximum atomic E-state index is 13.6. The molecule has 0 N–H and O–H groups in total. The second kappa shape index (κ2) is 6.66. The molecule has 1 heterocycles. The van der Waals surface area contributed by atoms with E-state index in [2.05, 4.69) is 0 Å². The standard InChI is InChI=1S/C19H15FO4/c1-2-12-9-19(22)24-17-11-14(7-8-15(12)17)23-18(21)10-13-5-3-4-6-16(13)20/h3-9,11H,2,10H2,1H3. The molecule has 5 heteroatoms. The highest BCUT2D eigenvalue weighted by Gasteiger charge is 2.12. The van der Waals surface area contributed by atoms with E-state index in [4.69, 9.17) is 9.15 Å². The van der Waals surface area contributed by atoms with Crippen LogP contribution in [0, 0.1) is 5.82 Å². The van der Waals surface area contributed by atoms with Crippen LogP contribution in [0.15, 0.2) is 57.7 Å². The summed E-state index contributed by atoms with van der Waals surface area (Å²) in [4.78, 5) is 23.5. The van der Waals surface area contributed by atoms with Crippen LogP contribution in [-0.4, -0.2) is 5.97 Å². The number of rotatable bonds is 4. The van der Waals surface area contributed by atoms with Gasteiger partial charge < -0.3 is 9.15 Å². The lowest BCUT2D eigenvalue weighted by Crippen LogP contribution is -2.12. The lowest BCUT2D eigenvalue weighted by Gasteiger charge is -2.07. The predicted molar refractivity (Wildman–Crippen MR) is 87.6 cm³/mol. The zero-order chi connectivity index (χ0) is 17.1. The van der Waals surface area contributed by atoms with Crippen molar-refractivity contribution in [2.45, 2.75) is 19.8 Å². The Morgan fingerprint density at radius 1 is 1.12 bits per heavy atom. The molecule has 0 aliphatic carbocycles. The summed E-state index contributed by atoms with van der Waals surface area (Å²) in [6, 6.07) is 12.3. The maximum absolute atomic E-state index is 13.6. The predicted octanol–water partition coefficient (Wildman–Crippen LogP) is 3.64. The summed E-state index contributed by atoms with van der Waals surface area (Å²) in [5, 5.41) is 0.797. The number of hydrogen-bond donors (Lipinski definition) is 0. The fourth-order valence-corrected chi connectivity index (χ4v) is 2.53. The first-order valence-corrected chi connectivity index (χ1v) is 7.57. The average Bonchev–Trinajstić information content (AvgIpc) is 2.55. The van der Waals surface area contributed by atoms with Gasteiger partial charge in [0.2, 0.25) is 0 Å². The van der Waals surface area contributed by atoms with Crippen molar-refractivity contribution < 1.29 is 18.3 Å². The molecule has 0 aliphatic rings. The van der Waals surface area contributed by atoms with Gasteiger partial charge in [-0.25, -0.2) is 9.18 Å². The van der Waals surface area contributed by atoms with Crippen molar-refractivity contribution >= 4 is 16.9 Å². The molecule has 122 valence electrons. The molecule has 24 heavy (non-hydrogen) atoms. The van der Waals surface area contributed by atoms with Gasteiger partial charge in [-0.1, -0.05) is 25.1 Å². The van der Waals surface area contributed by atoms with E-state index in [1.54, 1.807) is 24.3 Å². The van der Waals surface area contributed by atoms with E-state index in [1.807, 2.05) is 6.92 Å². The minimum atomic E-state index is -0.589. The largest absolute Gasteiger partial charge is 0.426 e. The Bertz CT molecular complexity index is 959. The molecule has 2 aromatic carbocycles. The second-order valence-corrected chi connectivity index (χ2v) is 5.34. The third-order valence-electron chi connectivity index (χ3n) is 3.71. The number of halogens is 1. The molecule has 0 fully saturated rings. The molecule has 0 radical (unpaired) electrons. The van der Waals surface area contributed by atoms with Gasteiger partial charge in [-0.05, 0) is 35.7 Å². The van der Waals surface area contributed by atoms with E-state index in [0.717, 1.165) is 10.9 Å². The summed E-state index contributed by atoms with van der Waals surface area (Å²) < 4.78 is 24.0. The zero-order valence-electron chi connectivity index (χ0n) is 13.0. The Balaban J connectivity index is 1.84. The summed E-state index contributed by atoms with van der Waals surface area (Å²) in [6.45, 7) is 1.94. The van der Waals surface area contributed by atoms with E-state index in [1.165, 1.54) is 24.3 Å². The molecule has 0 spiro atoms. The summed E-state index contributed by atoms with van der Waals surface area (Å²) in [6.07, 6.45) is 0.512. The second-order valence-electron chi connectivity index (χ2n) is 5.34. The Hall–Kier alpha value is -2.95. The number of hydrogen-bond acceptors (Lipinski definition) is 4. The third-order valence-corrected chi connectivity index (χ3v) is 3.71. The molecule has 0 amide bonds. The Morgan fingerprint density at radius 3 is 2.67 bits per heavy atom. The number of carbonyl (C=O) groups is 1. The van der Waals surface area contributed by atoms with Gasteiger partial charge in [0, 0.05) is 17.5 Å². The minimum absolute atomic E-state index is 0.177. The normalized spacial score (nSPS) is 10.8. The van der Waals surface area contributed by atoms with Gasteiger partial charge >= 0.3 is 11.6 Å². The van der Waals surface area contributed by atoms with Gasteiger partial charge in [-0.3, -0.25) is 4.79 Å². The molecule has 0 saturated carbocycles. The van der Waals surface area contributed by atoms with Crippen LogP contribution in [0.2, 0.25) is 0 Å². The highest BCUT2D eigenvalue weighted by molar-refractivity contribution is 5.83. The van der Waals surface area contributed by atoms with E-state index in [0.29, 0.717) is 12.0 Å². The molecular formula is C19H15FO4. The van der Waals surface area contributed by atoms with E-state index in [9.17, 15) is 14.0 Å². The maximum Gasteiger partial charge on any atom is 0.336 e. The van der Waals surface area contributed by atoms with Crippen LogP contribution in [0.25, 0.3) is 11.0 Å². The molecule has 3 rings (SSSR count). The Labute approximate surface area is 137 Å². The molecule has 0 bridgehead atoms. The van der Waals surface area contributed by atoms with E-state index >= 15 is 0 Å². The van der Waals surface area contributed by atoms with Gasteiger partial charge in [-0.2, -0.15) is 0 Å². The number of fused-ring (bicyclic) bond motifs is 1. The average molecular weight is 326 g/mol. The van der Waals surface area contributed by atoms with Gasteiger partial charge in [0.25, 0.3) is 0 Å². The van der Waals surface area contributed by atoms with Crippen LogP contribution in [0.5, 0.6) is 5.75 Å². The van der Waals surface area contributed by atoms with Crippen molar-refractivity contribution in [3.05, 3.63) is 75.9 Å². The van der Waals surface area contributed by atoms with Gasteiger partial charge in [0.15, 0.2) is 0 Å². The smallest absolute Gasteiger partial charge is 0.336 e. The number of esters is 1. The molecule has 0 atom stereocenters. The topological polar surface area (TPSA) is 56.5 Å². The molecule has 0 saturated heterocycles. The quantitative estimate of drug-likeness (QED) is 0.417. The summed E-state index contributed by atoms with van der Waals surface area (Å²) in [5.74, 6) is -0.791. The van der Waals surface area contributed by atoms with E-state index < -0.39 is 17.4 Å². The summed E-state index contributed by atoms with van der Waals surface area (Å²) >= 11 is 0. The van der Waals surface area contributed by atoms with Gasteiger partial charge in [-0.15, -0.1) is 0 Å². The monoisotopic (exact) mass is 326 g/mol. The first-order valence-electron chi connectivity index (χ1n) is 7.57. The first kappa shape index (κ1) is 15.9. The fraction of sp³-hybridized carbons (Fsp3) is 0.158. The minimum Gasteiger partial charge on any atom is -0.426 e. The molecule has 0 unspecified atom stereocenters. The van der Waals surface area contributed by atoms with Crippen molar-refractivity contribution in [2.24, 2.45) is 0 Å². The van der Waals surface area contributed by atoms with Gasteiger partial charge in [0.1, 0.15) is 17.1 Å². The molecule has 0 aliphatic heterocycles. The van der Waals surface area contributed by atoms with Crippen LogP contribution >= 0.6 is 0 Å². The lowest BCUT2D eigenvalue weighted by molar-refractivity contribution is -0.133. The number of benzene rings is 2. The molecule has 4 nitrogen and oxygen atoms in total. The van der Waals surface area contributed by atoms with Gasteiger partial charge in [0.05, 0.1) is 6.42 Å². The van der Waals surface area contributed by atoms with Crippen LogP contribution in [0.3, 0.4) is 0 Å². The van der Waals surface area contributed by atoms with Crippen LogP contribution in [0.4, 0.5) is 4.39 Å². The van der Waals surface area contributed by atoms with Crippen molar-refractivity contribution in [1.82, 2.24) is 0 Å². The van der Waals surface area contributed by atoms with Crippen molar-refractivity contribution in [1.29, 1.82) is 0 Å². The van der Waals surface area contributed by atoms with Crippen molar-refractivity contribution in [2.75, 3.05) is 0 Å². The molecule has 3 aromatic rings. The highest BCUT2D eigenvalue weighted by atomic mass is 19.1. The number of aryl methyl sites for hydroxylation is 1. The van der Waals surface area contributed by atoms with Crippen molar-refractivity contribution in [3.8, 4) is 5.75 Å². The fourth-order valence-electron chi connectivity index (χ4n) is 2.53.